The van der Waals surface area contributed by atoms with Crippen molar-refractivity contribution in [1.29, 1.82) is 0 Å². The third kappa shape index (κ3) is 4.24. The van der Waals surface area contributed by atoms with E-state index in [0.717, 1.165) is 10.9 Å². The minimum absolute atomic E-state index is 0.0549. The fourth-order valence-corrected chi connectivity index (χ4v) is 3.92. The van der Waals surface area contributed by atoms with Gasteiger partial charge < -0.3 is 9.52 Å². The van der Waals surface area contributed by atoms with E-state index in [1.54, 1.807) is 24.3 Å². The summed E-state index contributed by atoms with van der Waals surface area (Å²) in [4.78, 5) is 0.163. The Bertz CT molecular complexity index is 1010. The number of sulfonamides is 1. The first-order valence-corrected chi connectivity index (χ1v) is 10.3. The lowest BCUT2D eigenvalue weighted by molar-refractivity contribution is 0.0412. The van der Waals surface area contributed by atoms with Crippen LogP contribution >= 0.6 is 0 Å². The van der Waals surface area contributed by atoms with Crippen LogP contribution in [0.3, 0.4) is 0 Å². The molecule has 144 valence electrons. The Hall–Kier alpha value is -2.15. The molecule has 0 radical (unpaired) electrons. The Morgan fingerprint density at radius 1 is 1.00 bits per heavy atom. The Balaban J connectivity index is 1.77. The van der Waals surface area contributed by atoms with Crippen molar-refractivity contribution in [3.8, 4) is 0 Å². The fourth-order valence-electron chi connectivity index (χ4n) is 2.79. The van der Waals surface area contributed by atoms with Crippen molar-refractivity contribution in [3.63, 3.8) is 0 Å². The molecule has 0 saturated heterocycles. The van der Waals surface area contributed by atoms with Crippen LogP contribution in [0.15, 0.2) is 63.9 Å². The highest BCUT2D eigenvalue weighted by molar-refractivity contribution is 7.89. The second kappa shape index (κ2) is 6.78. The second-order valence-corrected chi connectivity index (χ2v) is 9.79. The Kier molecular flexibility index (Phi) is 4.93. The van der Waals surface area contributed by atoms with Gasteiger partial charge in [-0.2, -0.15) is 0 Å². The summed E-state index contributed by atoms with van der Waals surface area (Å²) in [7, 11) is -3.75. The number of nitrogens with one attached hydrogen (secondary N) is 1. The van der Waals surface area contributed by atoms with Gasteiger partial charge in [0.15, 0.2) is 0 Å². The molecule has 6 heteroatoms. The molecule has 0 amide bonds. The van der Waals surface area contributed by atoms with Crippen molar-refractivity contribution >= 4 is 21.0 Å². The molecule has 5 nitrogen and oxygen atoms in total. The molecule has 2 N–H and O–H groups in total. The zero-order valence-electron chi connectivity index (χ0n) is 16.0. The molecule has 0 aliphatic carbocycles. The lowest BCUT2D eigenvalue weighted by atomic mass is 9.87. The second-order valence-electron chi connectivity index (χ2n) is 8.02. The monoisotopic (exact) mass is 387 g/mol. The van der Waals surface area contributed by atoms with E-state index in [2.05, 4.69) is 25.5 Å². The van der Waals surface area contributed by atoms with Crippen LogP contribution in [0.1, 0.15) is 39.0 Å². The Morgan fingerprint density at radius 2 is 1.63 bits per heavy atom. The van der Waals surface area contributed by atoms with Crippen LogP contribution in [0.2, 0.25) is 0 Å². The third-order valence-electron chi connectivity index (χ3n) is 4.59. The summed E-state index contributed by atoms with van der Waals surface area (Å²) in [5.74, 6) is 0.314. The zero-order chi connectivity index (χ0) is 19.9. The fraction of sp³-hybridized carbons (Fsp3) is 0.333. The van der Waals surface area contributed by atoms with Crippen LogP contribution in [-0.2, 0) is 21.0 Å². The summed E-state index contributed by atoms with van der Waals surface area (Å²) in [6, 6.07) is 15.9. The highest BCUT2D eigenvalue weighted by Crippen LogP contribution is 2.28. The number of hydrogen-bond acceptors (Lipinski definition) is 4. The van der Waals surface area contributed by atoms with Gasteiger partial charge in [-0.25, -0.2) is 13.1 Å². The molecule has 0 spiro atoms. The van der Waals surface area contributed by atoms with E-state index >= 15 is 0 Å². The molecule has 0 fully saturated rings. The van der Waals surface area contributed by atoms with Gasteiger partial charge in [0, 0.05) is 11.9 Å². The van der Waals surface area contributed by atoms with Gasteiger partial charge >= 0.3 is 0 Å². The molecule has 1 unspecified atom stereocenters. The number of fused-ring (bicyclic) bond motifs is 1. The van der Waals surface area contributed by atoms with Crippen LogP contribution in [0.5, 0.6) is 0 Å². The molecule has 3 rings (SSSR count). The molecule has 2 aromatic carbocycles. The largest absolute Gasteiger partial charge is 0.458 e. The summed E-state index contributed by atoms with van der Waals surface area (Å²) < 4.78 is 33.3. The Morgan fingerprint density at radius 3 is 2.22 bits per heavy atom. The first kappa shape index (κ1) is 19.6. The van der Waals surface area contributed by atoms with Gasteiger partial charge in [-0.1, -0.05) is 51.1 Å². The maximum Gasteiger partial charge on any atom is 0.240 e. The van der Waals surface area contributed by atoms with E-state index in [0.29, 0.717) is 11.3 Å². The van der Waals surface area contributed by atoms with Gasteiger partial charge in [-0.15, -0.1) is 0 Å². The van der Waals surface area contributed by atoms with Gasteiger partial charge in [-0.05, 0) is 42.2 Å². The van der Waals surface area contributed by atoms with Gasteiger partial charge in [0.1, 0.15) is 16.9 Å². The SMILES string of the molecule is CC(C)(C)c1ccc(S(=O)(=O)NCC(C)(O)c2cc3ccccc3o2)cc1. The Labute approximate surface area is 160 Å². The summed E-state index contributed by atoms with van der Waals surface area (Å²) in [6.07, 6.45) is 0. The van der Waals surface area contributed by atoms with Crippen molar-refractivity contribution in [3.05, 3.63) is 65.9 Å². The van der Waals surface area contributed by atoms with Crippen molar-refractivity contribution in [2.45, 2.75) is 43.6 Å². The number of hydrogen-bond donors (Lipinski definition) is 2. The summed E-state index contributed by atoms with van der Waals surface area (Å²) in [6.45, 7) is 7.53. The van der Waals surface area contributed by atoms with E-state index in [9.17, 15) is 13.5 Å². The van der Waals surface area contributed by atoms with Crippen molar-refractivity contribution in [2.24, 2.45) is 0 Å². The lowest BCUT2D eigenvalue weighted by Gasteiger charge is -2.22. The highest BCUT2D eigenvalue weighted by atomic mass is 32.2. The minimum atomic E-state index is -3.75. The first-order valence-electron chi connectivity index (χ1n) is 8.81. The van der Waals surface area contributed by atoms with Crippen LogP contribution in [-0.4, -0.2) is 20.1 Å². The first-order chi connectivity index (χ1) is 12.5. The van der Waals surface area contributed by atoms with E-state index in [1.807, 2.05) is 30.3 Å². The number of para-hydroxylation sites is 1. The van der Waals surface area contributed by atoms with Gasteiger partial charge in [0.2, 0.25) is 10.0 Å². The van der Waals surface area contributed by atoms with Crippen LogP contribution in [0.25, 0.3) is 11.0 Å². The van der Waals surface area contributed by atoms with Gasteiger partial charge in [0.05, 0.1) is 4.90 Å². The van der Waals surface area contributed by atoms with E-state index in [4.69, 9.17) is 4.42 Å². The average Bonchev–Trinajstić information content (AvgIpc) is 3.05. The molecule has 0 aliphatic heterocycles. The van der Waals surface area contributed by atoms with Crippen LogP contribution < -0.4 is 4.72 Å². The maximum absolute atomic E-state index is 12.6. The average molecular weight is 388 g/mol. The number of aliphatic hydroxyl groups is 1. The maximum atomic E-state index is 12.6. The highest BCUT2D eigenvalue weighted by Gasteiger charge is 2.30. The quantitative estimate of drug-likeness (QED) is 0.695. The molecule has 1 heterocycles. The molecule has 0 saturated carbocycles. The molecule has 1 aromatic heterocycles. The summed E-state index contributed by atoms with van der Waals surface area (Å²) in [5.41, 5.74) is 0.169. The number of benzene rings is 2. The van der Waals surface area contributed by atoms with Gasteiger partial charge in [-0.3, -0.25) is 0 Å². The smallest absolute Gasteiger partial charge is 0.240 e. The third-order valence-corrected chi connectivity index (χ3v) is 6.01. The molecule has 0 aliphatic rings. The predicted molar refractivity (Wildman–Crippen MR) is 106 cm³/mol. The van der Waals surface area contributed by atoms with Gasteiger partial charge in [0.25, 0.3) is 0 Å². The standard InChI is InChI=1S/C21H25NO4S/c1-20(2,3)16-9-11-17(12-10-16)27(24,25)22-14-21(4,23)19-13-15-7-5-6-8-18(15)26-19/h5-13,22-23H,14H2,1-4H3. The zero-order valence-corrected chi connectivity index (χ0v) is 16.8. The normalized spacial score (nSPS) is 15.0. The number of rotatable bonds is 5. The van der Waals surface area contributed by atoms with Crippen LogP contribution in [0.4, 0.5) is 0 Å². The molecule has 27 heavy (non-hydrogen) atoms. The molecule has 0 bridgehead atoms. The predicted octanol–water partition coefficient (Wildman–Crippen LogP) is 3.92. The van der Waals surface area contributed by atoms with E-state index < -0.39 is 15.6 Å². The van der Waals surface area contributed by atoms with E-state index in [-0.39, 0.29) is 16.9 Å². The minimum Gasteiger partial charge on any atom is -0.458 e. The molecule has 3 aromatic rings. The van der Waals surface area contributed by atoms with Crippen molar-refractivity contribution in [1.82, 2.24) is 4.72 Å². The molecular weight excluding hydrogens is 362 g/mol. The van der Waals surface area contributed by atoms with Crippen LogP contribution in [0, 0.1) is 0 Å². The summed E-state index contributed by atoms with van der Waals surface area (Å²) >= 11 is 0. The van der Waals surface area contributed by atoms with E-state index in [1.165, 1.54) is 6.92 Å². The van der Waals surface area contributed by atoms with Crippen molar-refractivity contribution < 1.29 is 17.9 Å². The lowest BCUT2D eigenvalue weighted by Crippen LogP contribution is -2.38. The topological polar surface area (TPSA) is 79.5 Å². The summed E-state index contributed by atoms with van der Waals surface area (Å²) in [5, 5.41) is 11.6. The number of furan rings is 1. The molecule has 1 atom stereocenters. The van der Waals surface area contributed by atoms with Crippen molar-refractivity contribution in [2.75, 3.05) is 6.54 Å². The molecular formula is C21H25NO4S.